The fraction of sp³-hybridized carbons (Fsp3) is 0.286. The molecule has 1 heterocycles. The van der Waals surface area contributed by atoms with Crippen molar-refractivity contribution in [3.05, 3.63) is 22.3 Å². The van der Waals surface area contributed by atoms with Gasteiger partial charge in [-0.25, -0.2) is 0 Å². The molecule has 1 atom stereocenters. The van der Waals surface area contributed by atoms with Crippen LogP contribution in [0.25, 0.3) is 0 Å². The monoisotopic (exact) mass is 324 g/mol. The number of rotatable bonds is 0. The molecule has 0 spiro atoms. The van der Waals surface area contributed by atoms with Crippen LogP contribution in [0.5, 0.6) is 0 Å². The van der Waals surface area contributed by atoms with Crippen LogP contribution in [0, 0.1) is 5.92 Å². The van der Waals surface area contributed by atoms with Gasteiger partial charge in [0.2, 0.25) is 0 Å². The van der Waals surface area contributed by atoms with Crippen molar-refractivity contribution in [3.63, 3.8) is 0 Å². The molecule has 11 heavy (non-hydrogen) atoms. The quantitative estimate of drug-likeness (QED) is 0.680. The molecule has 58 valence electrons. The number of fused-ring (bicyclic) bond motifs is 1. The summed E-state index contributed by atoms with van der Waals surface area (Å²) in [7, 11) is 0. The zero-order valence-corrected chi connectivity index (χ0v) is 9.39. The summed E-state index contributed by atoms with van der Waals surface area (Å²) in [5.41, 5.74) is 4.22. The molecule has 0 fully saturated rings. The van der Waals surface area contributed by atoms with Crippen LogP contribution >= 0.6 is 38.5 Å². The number of hydrogen-bond acceptors (Lipinski definition) is 2. The van der Waals surface area contributed by atoms with Crippen LogP contribution in [-0.4, -0.2) is 3.72 Å². The molecular formula is C7H6BrIN2. The van der Waals surface area contributed by atoms with E-state index in [4.69, 9.17) is 0 Å². The Kier molecular flexibility index (Phi) is 2.05. The normalized spacial score (nSPS) is 28.2. The molecule has 0 aromatic heterocycles. The molecule has 4 heteroatoms. The van der Waals surface area contributed by atoms with Crippen LogP contribution in [0.3, 0.4) is 0 Å². The zero-order valence-electron chi connectivity index (χ0n) is 5.64. The lowest BCUT2D eigenvalue weighted by Crippen LogP contribution is -2.12. The summed E-state index contributed by atoms with van der Waals surface area (Å²) in [4.78, 5) is 0. The minimum atomic E-state index is 0.481. The van der Waals surface area contributed by atoms with E-state index in [0.717, 1.165) is 10.1 Å². The van der Waals surface area contributed by atoms with Crippen molar-refractivity contribution in [1.82, 2.24) is 5.43 Å². The number of hydrazone groups is 1. The SMILES string of the molecule is BrC1=CC=C2NN=C(I)C2C1. The minimum Gasteiger partial charge on any atom is -0.281 e. The number of halogens is 2. The molecule has 0 aromatic carbocycles. The van der Waals surface area contributed by atoms with Gasteiger partial charge in [0.1, 0.15) is 3.72 Å². The van der Waals surface area contributed by atoms with Gasteiger partial charge in [0.05, 0.1) is 5.92 Å². The van der Waals surface area contributed by atoms with Gasteiger partial charge in [0.25, 0.3) is 0 Å². The predicted molar refractivity (Wildman–Crippen MR) is 57.8 cm³/mol. The van der Waals surface area contributed by atoms with Gasteiger partial charge in [-0.1, -0.05) is 22.0 Å². The van der Waals surface area contributed by atoms with E-state index in [2.05, 4.69) is 61.2 Å². The molecule has 1 N–H and O–H groups in total. The van der Waals surface area contributed by atoms with Crippen molar-refractivity contribution in [2.24, 2.45) is 11.0 Å². The molecule has 0 amide bonds. The first-order valence-electron chi connectivity index (χ1n) is 3.33. The second-order valence-corrected chi connectivity index (χ2v) is 4.66. The third-order valence-electron chi connectivity index (χ3n) is 1.80. The van der Waals surface area contributed by atoms with Crippen LogP contribution in [0.1, 0.15) is 6.42 Å². The van der Waals surface area contributed by atoms with Gasteiger partial charge in [-0.05, 0) is 39.6 Å². The summed E-state index contributed by atoms with van der Waals surface area (Å²) in [6.07, 6.45) is 5.19. The number of nitrogens with one attached hydrogen (secondary N) is 1. The number of nitrogens with zero attached hydrogens (tertiary/aromatic N) is 1. The largest absolute Gasteiger partial charge is 0.281 e. The molecule has 1 aliphatic heterocycles. The summed E-state index contributed by atoms with van der Waals surface area (Å²) in [5, 5.41) is 4.15. The Morgan fingerprint density at radius 2 is 2.45 bits per heavy atom. The Balaban J connectivity index is 2.30. The first-order valence-corrected chi connectivity index (χ1v) is 5.20. The summed E-state index contributed by atoms with van der Waals surface area (Å²) in [6, 6.07) is 0. The fourth-order valence-corrected chi connectivity index (χ4v) is 2.33. The summed E-state index contributed by atoms with van der Waals surface area (Å²) in [6.45, 7) is 0. The standard InChI is InChI=1S/C7H6BrIN2/c8-4-1-2-6-5(3-4)7(9)11-10-6/h1-2,5,10H,3H2. The molecular weight excluding hydrogens is 319 g/mol. The molecule has 0 saturated heterocycles. The van der Waals surface area contributed by atoms with E-state index in [0.29, 0.717) is 5.92 Å². The number of hydrogen-bond donors (Lipinski definition) is 1. The van der Waals surface area contributed by atoms with Crippen LogP contribution in [0.15, 0.2) is 27.4 Å². The Morgan fingerprint density at radius 1 is 1.64 bits per heavy atom. The van der Waals surface area contributed by atoms with Crippen LogP contribution < -0.4 is 5.43 Å². The fourth-order valence-electron chi connectivity index (χ4n) is 1.19. The summed E-state index contributed by atoms with van der Waals surface area (Å²) in [5.74, 6) is 0.481. The molecule has 0 bridgehead atoms. The topological polar surface area (TPSA) is 24.4 Å². The Morgan fingerprint density at radius 3 is 3.27 bits per heavy atom. The highest BCUT2D eigenvalue weighted by molar-refractivity contribution is 14.1. The van der Waals surface area contributed by atoms with Gasteiger partial charge in [-0.15, -0.1) is 0 Å². The van der Waals surface area contributed by atoms with Crippen molar-refractivity contribution in [3.8, 4) is 0 Å². The van der Waals surface area contributed by atoms with Gasteiger partial charge in [-0.3, -0.25) is 5.43 Å². The molecule has 1 unspecified atom stereocenters. The second-order valence-electron chi connectivity index (χ2n) is 2.54. The maximum Gasteiger partial charge on any atom is 0.108 e. The second kappa shape index (κ2) is 2.90. The smallest absolute Gasteiger partial charge is 0.108 e. The van der Waals surface area contributed by atoms with Gasteiger partial charge < -0.3 is 0 Å². The van der Waals surface area contributed by atoms with E-state index in [1.165, 1.54) is 10.2 Å². The highest BCUT2D eigenvalue weighted by Crippen LogP contribution is 2.32. The highest BCUT2D eigenvalue weighted by atomic mass is 127. The van der Waals surface area contributed by atoms with Gasteiger partial charge in [0, 0.05) is 5.70 Å². The predicted octanol–water partition coefficient (Wildman–Crippen LogP) is 2.52. The van der Waals surface area contributed by atoms with Crippen molar-refractivity contribution < 1.29 is 0 Å². The maximum absolute atomic E-state index is 4.15. The Bertz CT molecular complexity index is 280. The van der Waals surface area contributed by atoms with Gasteiger partial charge in [-0.2, -0.15) is 5.10 Å². The van der Waals surface area contributed by atoms with Crippen molar-refractivity contribution in [2.45, 2.75) is 6.42 Å². The molecule has 2 aliphatic rings. The third-order valence-corrected chi connectivity index (χ3v) is 3.38. The van der Waals surface area contributed by atoms with E-state index in [9.17, 15) is 0 Å². The van der Waals surface area contributed by atoms with Crippen LogP contribution in [0.4, 0.5) is 0 Å². The van der Waals surface area contributed by atoms with Gasteiger partial charge in [0.15, 0.2) is 0 Å². The average molecular weight is 325 g/mol. The lowest BCUT2D eigenvalue weighted by molar-refractivity contribution is 0.767. The molecule has 0 radical (unpaired) electrons. The van der Waals surface area contributed by atoms with Crippen LogP contribution in [0.2, 0.25) is 0 Å². The van der Waals surface area contributed by atoms with Crippen molar-refractivity contribution in [2.75, 3.05) is 0 Å². The first-order chi connectivity index (χ1) is 5.27. The van der Waals surface area contributed by atoms with E-state index < -0.39 is 0 Å². The highest BCUT2D eigenvalue weighted by Gasteiger charge is 2.26. The Hall–Kier alpha value is 0.160. The van der Waals surface area contributed by atoms with E-state index >= 15 is 0 Å². The Labute approximate surface area is 87.1 Å². The van der Waals surface area contributed by atoms with E-state index in [1.807, 2.05) is 0 Å². The molecule has 0 aromatic rings. The summed E-state index contributed by atoms with van der Waals surface area (Å²) < 4.78 is 2.40. The molecule has 0 saturated carbocycles. The molecule has 1 aliphatic carbocycles. The third kappa shape index (κ3) is 1.38. The van der Waals surface area contributed by atoms with Crippen molar-refractivity contribution >= 4 is 42.2 Å². The molecule has 2 rings (SSSR count). The van der Waals surface area contributed by atoms with E-state index in [-0.39, 0.29) is 0 Å². The lowest BCUT2D eigenvalue weighted by atomic mass is 10.00. The number of allylic oxidation sites excluding steroid dienone is 4. The summed E-state index contributed by atoms with van der Waals surface area (Å²) >= 11 is 5.76. The maximum atomic E-state index is 4.15. The van der Waals surface area contributed by atoms with E-state index in [1.54, 1.807) is 0 Å². The lowest BCUT2D eigenvalue weighted by Gasteiger charge is -2.13. The van der Waals surface area contributed by atoms with Crippen LogP contribution in [-0.2, 0) is 0 Å². The van der Waals surface area contributed by atoms with Gasteiger partial charge >= 0.3 is 0 Å². The zero-order chi connectivity index (χ0) is 7.84. The average Bonchev–Trinajstić information content (AvgIpc) is 2.33. The minimum absolute atomic E-state index is 0.481. The molecule has 2 nitrogen and oxygen atoms in total. The van der Waals surface area contributed by atoms with Crippen molar-refractivity contribution in [1.29, 1.82) is 0 Å². The first kappa shape index (κ1) is 7.79.